The SMILES string of the molecule is c1ccc2c(c1)CC[C@@H]2N(C1CCCCCCC1)p1oc2ccc3ccccc3c2c2c(ccc3ccccc32)o1. The maximum Gasteiger partial charge on any atom is 0.310 e. The summed E-state index contributed by atoms with van der Waals surface area (Å²) >= 11 is 0. The van der Waals surface area contributed by atoms with Gasteiger partial charge in [0, 0.05) is 22.9 Å². The molecule has 3 nitrogen and oxygen atoms in total. The molecule has 4 heteroatoms. The second kappa shape index (κ2) is 10.7. The molecule has 5 aromatic carbocycles. The molecule has 0 radical (unpaired) electrons. The summed E-state index contributed by atoms with van der Waals surface area (Å²) in [5.41, 5.74) is 4.82. The van der Waals surface area contributed by atoms with Crippen molar-refractivity contribution in [3.05, 3.63) is 108 Å². The first-order valence-electron chi connectivity index (χ1n) is 15.4. The van der Waals surface area contributed by atoms with Crippen molar-refractivity contribution in [1.29, 1.82) is 0 Å². The lowest BCUT2D eigenvalue weighted by Crippen LogP contribution is -2.36. The summed E-state index contributed by atoms with van der Waals surface area (Å²) in [7, 11) is -1.39. The number of benzene rings is 5. The molecule has 2 aliphatic carbocycles. The fourth-order valence-corrected chi connectivity index (χ4v) is 9.29. The summed E-state index contributed by atoms with van der Waals surface area (Å²) in [6, 6.07) is 36.0. The van der Waals surface area contributed by atoms with Gasteiger partial charge in [-0.25, -0.2) is 0 Å². The Bertz CT molecular complexity index is 1820. The summed E-state index contributed by atoms with van der Waals surface area (Å²) < 4.78 is 17.1. The molecule has 0 amide bonds. The minimum atomic E-state index is -1.39. The van der Waals surface area contributed by atoms with Gasteiger partial charge in [0.15, 0.2) is 0 Å². The smallest absolute Gasteiger partial charge is 0.310 e. The Labute approximate surface area is 242 Å². The number of hydrogen-bond donors (Lipinski definition) is 0. The van der Waals surface area contributed by atoms with Crippen molar-refractivity contribution in [3.8, 4) is 0 Å². The van der Waals surface area contributed by atoms with E-state index in [0.29, 0.717) is 12.1 Å². The average molecular weight is 558 g/mol. The highest BCUT2D eigenvalue weighted by atomic mass is 31.1. The minimum Gasteiger partial charge on any atom is -0.408 e. The van der Waals surface area contributed by atoms with Crippen molar-refractivity contribution >= 4 is 51.6 Å². The largest absolute Gasteiger partial charge is 0.408 e. The highest BCUT2D eigenvalue weighted by molar-refractivity contribution is 7.39. The van der Waals surface area contributed by atoms with Crippen LogP contribution in [0.15, 0.2) is 105 Å². The van der Waals surface area contributed by atoms with Crippen LogP contribution in [0, 0.1) is 0 Å². The Morgan fingerprint density at radius 2 is 1.12 bits per heavy atom. The van der Waals surface area contributed by atoms with Crippen molar-refractivity contribution in [2.45, 2.75) is 69.9 Å². The van der Waals surface area contributed by atoms with Crippen LogP contribution in [0.1, 0.15) is 68.5 Å². The van der Waals surface area contributed by atoms with Gasteiger partial charge in [-0.3, -0.25) is 0 Å². The molecule has 1 saturated carbocycles. The maximum absolute atomic E-state index is 7.18. The van der Waals surface area contributed by atoms with Crippen LogP contribution in [-0.4, -0.2) is 6.04 Å². The summed E-state index contributed by atoms with van der Waals surface area (Å²) in [6.07, 6.45) is 11.2. The van der Waals surface area contributed by atoms with Crippen molar-refractivity contribution in [2.75, 3.05) is 4.67 Å². The zero-order valence-electron chi connectivity index (χ0n) is 23.5. The number of nitrogens with zero attached hydrogens (tertiary/aromatic N) is 1. The Hall–Kier alpha value is -3.52. The lowest BCUT2D eigenvalue weighted by molar-refractivity contribution is 0.408. The molecule has 8 rings (SSSR count). The standard InChI is InChI=1S/C37H36NO2P/c1-2-4-15-29(16-5-3-1)38(33-23-20-26-12-6-9-17-30(26)33)41-39-34-24-21-27-13-7-10-18-31(27)36(34)37-32-19-11-8-14-28(32)22-25-35(37)40-41/h6-14,17-19,21-22,24-25,29,33H,1-5,15-16,20,23H2/t33-/m0/s1. The Balaban J connectivity index is 1.45. The third-order valence-electron chi connectivity index (χ3n) is 9.44. The second-order valence-corrected chi connectivity index (χ2v) is 13.2. The van der Waals surface area contributed by atoms with Crippen LogP contribution in [0.3, 0.4) is 0 Å². The van der Waals surface area contributed by atoms with Gasteiger partial charge in [0.25, 0.3) is 0 Å². The van der Waals surface area contributed by atoms with Crippen LogP contribution < -0.4 is 4.67 Å². The lowest BCUT2D eigenvalue weighted by Gasteiger charge is -2.34. The minimum absolute atomic E-state index is 0.313. The van der Waals surface area contributed by atoms with Crippen LogP contribution >= 0.6 is 8.16 Å². The van der Waals surface area contributed by atoms with Gasteiger partial charge in [0.1, 0.15) is 11.2 Å². The van der Waals surface area contributed by atoms with E-state index >= 15 is 0 Å². The fraction of sp³-hybridized carbons (Fsp3) is 0.297. The second-order valence-electron chi connectivity index (χ2n) is 11.9. The van der Waals surface area contributed by atoms with Gasteiger partial charge < -0.3 is 8.39 Å². The molecule has 2 aliphatic rings. The molecular formula is C37H36NO2P. The molecule has 206 valence electrons. The van der Waals surface area contributed by atoms with Crippen molar-refractivity contribution in [2.24, 2.45) is 0 Å². The topological polar surface area (TPSA) is 29.5 Å². The predicted molar refractivity (Wildman–Crippen MR) is 173 cm³/mol. The van der Waals surface area contributed by atoms with Crippen LogP contribution in [-0.2, 0) is 6.42 Å². The summed E-state index contributed by atoms with van der Waals surface area (Å²) in [4.78, 5) is 0. The highest BCUT2D eigenvalue weighted by Gasteiger charge is 2.36. The lowest BCUT2D eigenvalue weighted by atomic mass is 9.95. The van der Waals surface area contributed by atoms with Crippen molar-refractivity contribution < 1.29 is 8.39 Å². The van der Waals surface area contributed by atoms with Gasteiger partial charge in [-0.05, 0) is 70.5 Å². The molecule has 0 spiro atoms. The van der Waals surface area contributed by atoms with E-state index in [0.717, 1.165) is 34.8 Å². The van der Waals surface area contributed by atoms with Crippen molar-refractivity contribution in [3.63, 3.8) is 0 Å². The monoisotopic (exact) mass is 557 g/mol. The third-order valence-corrected chi connectivity index (χ3v) is 11.1. The first-order valence-corrected chi connectivity index (χ1v) is 16.5. The Morgan fingerprint density at radius 3 is 1.78 bits per heavy atom. The van der Waals surface area contributed by atoms with Gasteiger partial charge in [0.2, 0.25) is 0 Å². The number of hydrogen-bond acceptors (Lipinski definition) is 3. The molecule has 0 N–H and O–H groups in total. The molecular weight excluding hydrogens is 521 g/mol. The molecule has 0 unspecified atom stereocenters. The normalized spacial score (nSPS) is 18.2. The molecule has 0 aliphatic heterocycles. The molecule has 1 heterocycles. The Kier molecular flexibility index (Phi) is 6.59. The number of rotatable bonds is 3. The predicted octanol–water partition coefficient (Wildman–Crippen LogP) is 11.3. The average Bonchev–Trinajstić information content (AvgIpc) is 3.33. The van der Waals surface area contributed by atoms with E-state index in [1.165, 1.54) is 77.6 Å². The third kappa shape index (κ3) is 4.47. The summed E-state index contributed by atoms with van der Waals surface area (Å²) in [5, 5.41) is 7.19. The van der Waals surface area contributed by atoms with E-state index in [9.17, 15) is 0 Å². The van der Waals surface area contributed by atoms with Gasteiger partial charge >= 0.3 is 8.16 Å². The molecule has 1 aromatic heterocycles. The van der Waals surface area contributed by atoms with Gasteiger partial charge in [0.05, 0.1) is 0 Å². The molecule has 1 atom stereocenters. The molecule has 0 bridgehead atoms. The van der Waals surface area contributed by atoms with Gasteiger partial charge in [-0.1, -0.05) is 117 Å². The molecule has 1 fully saturated rings. The fourth-order valence-electron chi connectivity index (χ4n) is 7.46. The van der Waals surface area contributed by atoms with E-state index < -0.39 is 8.16 Å². The van der Waals surface area contributed by atoms with Crippen LogP contribution in [0.2, 0.25) is 0 Å². The quantitative estimate of drug-likeness (QED) is 0.217. The van der Waals surface area contributed by atoms with E-state index in [2.05, 4.69) is 102 Å². The van der Waals surface area contributed by atoms with Crippen LogP contribution in [0.25, 0.3) is 43.5 Å². The number of aryl methyl sites for hydroxylation is 1. The zero-order valence-corrected chi connectivity index (χ0v) is 24.4. The van der Waals surface area contributed by atoms with Crippen molar-refractivity contribution in [1.82, 2.24) is 0 Å². The molecule has 41 heavy (non-hydrogen) atoms. The Morgan fingerprint density at radius 1 is 0.561 bits per heavy atom. The zero-order chi connectivity index (χ0) is 27.2. The molecule has 0 saturated heterocycles. The first kappa shape index (κ1) is 25.2. The van der Waals surface area contributed by atoms with E-state index in [1.54, 1.807) is 0 Å². The first-order chi connectivity index (χ1) is 20.3. The van der Waals surface area contributed by atoms with Gasteiger partial charge in [-0.2, -0.15) is 4.67 Å². The van der Waals surface area contributed by atoms with E-state index in [1.807, 2.05) is 0 Å². The van der Waals surface area contributed by atoms with Gasteiger partial charge in [-0.15, -0.1) is 0 Å². The highest BCUT2D eigenvalue weighted by Crippen LogP contribution is 2.49. The van der Waals surface area contributed by atoms with Crippen LogP contribution in [0.4, 0.5) is 0 Å². The number of fused-ring (bicyclic) bond motifs is 8. The van der Waals surface area contributed by atoms with E-state index in [4.69, 9.17) is 8.39 Å². The maximum atomic E-state index is 7.18. The molecule has 6 aromatic rings. The summed E-state index contributed by atoms with van der Waals surface area (Å²) in [5.74, 6) is 0. The van der Waals surface area contributed by atoms with E-state index in [-0.39, 0.29) is 0 Å². The summed E-state index contributed by atoms with van der Waals surface area (Å²) in [6.45, 7) is 0. The van der Waals surface area contributed by atoms with Crippen LogP contribution in [0.5, 0.6) is 0 Å².